The number of carbonyl (C=O) groups is 2. The van der Waals surface area contributed by atoms with Crippen molar-refractivity contribution < 1.29 is 19.4 Å². The summed E-state index contributed by atoms with van der Waals surface area (Å²) in [5.41, 5.74) is 0.356. The van der Waals surface area contributed by atoms with E-state index < -0.39 is 17.7 Å². The Morgan fingerprint density at radius 2 is 1.81 bits per heavy atom. The molecule has 1 N–H and O–H groups in total. The summed E-state index contributed by atoms with van der Waals surface area (Å²) in [5, 5.41) is 9.62. The minimum atomic E-state index is -0.985. The number of hydrogen-bond acceptors (Lipinski definition) is 3. The van der Waals surface area contributed by atoms with Gasteiger partial charge in [-0.3, -0.25) is 9.69 Å². The molecule has 1 atom stereocenters. The van der Waals surface area contributed by atoms with E-state index >= 15 is 0 Å². The number of carbonyl (C=O) groups excluding carboxylic acids is 1. The van der Waals surface area contributed by atoms with Gasteiger partial charge in [0, 0.05) is 0 Å². The van der Waals surface area contributed by atoms with Crippen molar-refractivity contribution in [2.75, 3.05) is 6.61 Å². The quantitative estimate of drug-likeness (QED) is 0.897. The molecule has 1 aliphatic carbocycles. The van der Waals surface area contributed by atoms with Crippen LogP contribution in [0.5, 0.6) is 0 Å². The van der Waals surface area contributed by atoms with Gasteiger partial charge in [-0.15, -0.1) is 0 Å². The van der Waals surface area contributed by atoms with Crippen molar-refractivity contribution in [1.29, 1.82) is 0 Å². The molecule has 26 heavy (non-hydrogen) atoms. The van der Waals surface area contributed by atoms with Gasteiger partial charge in [0.05, 0.1) is 13.0 Å². The van der Waals surface area contributed by atoms with Crippen LogP contribution in [-0.2, 0) is 20.7 Å². The second-order valence-corrected chi connectivity index (χ2v) is 8.68. The third-order valence-electron chi connectivity index (χ3n) is 6.00. The van der Waals surface area contributed by atoms with E-state index in [9.17, 15) is 14.7 Å². The molecule has 1 amide bonds. The Balaban J connectivity index is 1.81. The van der Waals surface area contributed by atoms with Crippen LogP contribution in [-0.4, -0.2) is 40.3 Å². The van der Waals surface area contributed by atoms with Gasteiger partial charge in [-0.05, 0) is 42.6 Å². The van der Waals surface area contributed by atoms with Crippen molar-refractivity contribution in [3.63, 3.8) is 0 Å². The molecule has 142 valence electrons. The zero-order chi connectivity index (χ0) is 18.9. The molecule has 0 radical (unpaired) electrons. The van der Waals surface area contributed by atoms with Gasteiger partial charge in [0.25, 0.3) is 0 Å². The molecule has 5 heteroatoms. The summed E-state index contributed by atoms with van der Waals surface area (Å²) in [6.45, 7) is 6.80. The average molecular weight is 359 g/mol. The third-order valence-corrected chi connectivity index (χ3v) is 6.00. The number of benzene rings is 1. The Kier molecular flexibility index (Phi) is 5.11. The van der Waals surface area contributed by atoms with E-state index in [1.165, 1.54) is 0 Å². The molecule has 1 saturated carbocycles. The molecule has 2 aliphatic rings. The second-order valence-electron chi connectivity index (χ2n) is 8.68. The van der Waals surface area contributed by atoms with E-state index in [1.54, 1.807) is 4.90 Å². The zero-order valence-electron chi connectivity index (χ0n) is 15.9. The number of amides is 1. The second kappa shape index (κ2) is 7.03. The summed E-state index contributed by atoms with van der Waals surface area (Å²) in [7, 11) is 0. The minimum absolute atomic E-state index is 0.0794. The van der Waals surface area contributed by atoms with Crippen LogP contribution in [0.3, 0.4) is 0 Å². The molecule has 1 aromatic carbocycles. The van der Waals surface area contributed by atoms with Crippen LogP contribution in [0.15, 0.2) is 30.3 Å². The highest BCUT2D eigenvalue weighted by molar-refractivity contribution is 5.86. The first-order chi connectivity index (χ1) is 12.2. The van der Waals surface area contributed by atoms with Crippen LogP contribution >= 0.6 is 0 Å². The smallest absolute Gasteiger partial charge is 0.328 e. The zero-order valence-corrected chi connectivity index (χ0v) is 15.9. The van der Waals surface area contributed by atoms with E-state index in [0.29, 0.717) is 18.8 Å². The number of carboxylic acid groups (broad SMARTS) is 1. The maximum absolute atomic E-state index is 13.1. The summed E-state index contributed by atoms with van der Waals surface area (Å²) in [6.07, 6.45) is 3.52. The Morgan fingerprint density at radius 1 is 1.19 bits per heavy atom. The largest absolute Gasteiger partial charge is 0.480 e. The SMILES string of the molecule is CC(C)(C)C1CCC2(CC1)OC[C@H](C(=O)O)N2C(=O)Cc1ccccc1. The lowest BCUT2D eigenvalue weighted by Crippen LogP contribution is -2.56. The number of hydrogen-bond donors (Lipinski definition) is 1. The summed E-state index contributed by atoms with van der Waals surface area (Å²) in [5.74, 6) is -0.580. The number of rotatable bonds is 3. The van der Waals surface area contributed by atoms with E-state index in [2.05, 4.69) is 20.8 Å². The predicted octanol–water partition coefficient (Wildman–Crippen LogP) is 3.47. The minimum Gasteiger partial charge on any atom is -0.480 e. The van der Waals surface area contributed by atoms with Crippen molar-refractivity contribution in [3.05, 3.63) is 35.9 Å². The van der Waals surface area contributed by atoms with Crippen molar-refractivity contribution >= 4 is 11.9 Å². The number of aliphatic carboxylic acids is 1. The fourth-order valence-electron chi connectivity index (χ4n) is 4.42. The van der Waals surface area contributed by atoms with Gasteiger partial charge in [-0.25, -0.2) is 4.79 Å². The number of ether oxygens (including phenoxy) is 1. The maximum atomic E-state index is 13.1. The van der Waals surface area contributed by atoms with Crippen LogP contribution in [0.2, 0.25) is 0 Å². The summed E-state index contributed by atoms with van der Waals surface area (Å²) >= 11 is 0. The molecule has 1 aliphatic heterocycles. The van der Waals surface area contributed by atoms with Crippen LogP contribution in [0.4, 0.5) is 0 Å². The van der Waals surface area contributed by atoms with Gasteiger partial charge >= 0.3 is 5.97 Å². The molecule has 1 heterocycles. The van der Waals surface area contributed by atoms with Gasteiger partial charge in [-0.1, -0.05) is 51.1 Å². The lowest BCUT2D eigenvalue weighted by molar-refractivity contribution is -0.166. The monoisotopic (exact) mass is 359 g/mol. The maximum Gasteiger partial charge on any atom is 0.328 e. The van der Waals surface area contributed by atoms with Gasteiger partial charge in [0.2, 0.25) is 5.91 Å². The lowest BCUT2D eigenvalue weighted by atomic mass is 9.70. The highest BCUT2D eigenvalue weighted by Gasteiger charge is 2.54. The summed E-state index contributed by atoms with van der Waals surface area (Å²) in [4.78, 5) is 26.4. The normalized spacial score (nSPS) is 29.1. The van der Waals surface area contributed by atoms with Gasteiger partial charge in [0.1, 0.15) is 5.72 Å². The Morgan fingerprint density at radius 3 is 2.35 bits per heavy atom. The summed E-state index contributed by atoms with van der Waals surface area (Å²) in [6, 6.07) is 8.59. The van der Waals surface area contributed by atoms with Crippen LogP contribution < -0.4 is 0 Å². The fourth-order valence-corrected chi connectivity index (χ4v) is 4.42. The molecule has 5 nitrogen and oxygen atoms in total. The molecule has 1 spiro atoms. The highest BCUT2D eigenvalue weighted by Crippen LogP contribution is 2.47. The molecular weight excluding hydrogens is 330 g/mol. The van der Waals surface area contributed by atoms with Crippen molar-refractivity contribution in [2.45, 2.75) is 64.6 Å². The Labute approximate surface area is 155 Å². The van der Waals surface area contributed by atoms with Gasteiger partial charge in [0.15, 0.2) is 6.04 Å². The molecule has 0 aromatic heterocycles. The first-order valence-electron chi connectivity index (χ1n) is 9.46. The molecule has 1 aromatic rings. The van der Waals surface area contributed by atoms with Crippen molar-refractivity contribution in [2.24, 2.45) is 11.3 Å². The van der Waals surface area contributed by atoms with Crippen LogP contribution in [0, 0.1) is 11.3 Å². The van der Waals surface area contributed by atoms with E-state index in [0.717, 1.165) is 18.4 Å². The van der Waals surface area contributed by atoms with Crippen molar-refractivity contribution in [1.82, 2.24) is 4.90 Å². The number of nitrogens with zero attached hydrogens (tertiary/aromatic N) is 1. The molecule has 2 fully saturated rings. The Bertz CT molecular complexity index is 656. The predicted molar refractivity (Wildman–Crippen MR) is 98.5 cm³/mol. The highest BCUT2D eigenvalue weighted by atomic mass is 16.5. The molecule has 0 bridgehead atoms. The van der Waals surface area contributed by atoms with Gasteiger partial charge < -0.3 is 9.84 Å². The lowest BCUT2D eigenvalue weighted by Gasteiger charge is -2.46. The topological polar surface area (TPSA) is 66.8 Å². The average Bonchev–Trinajstić information content (AvgIpc) is 2.94. The molecule has 3 rings (SSSR count). The molecule has 1 saturated heterocycles. The first-order valence-corrected chi connectivity index (χ1v) is 9.46. The van der Waals surface area contributed by atoms with Crippen molar-refractivity contribution in [3.8, 4) is 0 Å². The number of carboxylic acids is 1. The Hall–Kier alpha value is -1.88. The van der Waals surface area contributed by atoms with Gasteiger partial charge in [-0.2, -0.15) is 0 Å². The van der Waals surface area contributed by atoms with E-state index in [1.807, 2.05) is 30.3 Å². The third kappa shape index (κ3) is 3.63. The molecular formula is C21H29NO4. The first kappa shape index (κ1) is 18.9. The standard InChI is InChI=1S/C21H29NO4/c1-20(2,3)16-9-11-21(12-10-16)22(17(14-26-21)19(24)25)18(23)13-15-7-5-4-6-8-15/h4-8,16-17H,9-14H2,1-3H3,(H,24,25)/t16?,17-,21?/m1/s1. The molecule has 0 unspecified atom stereocenters. The van der Waals surface area contributed by atoms with E-state index in [-0.39, 0.29) is 24.3 Å². The van der Waals surface area contributed by atoms with Crippen LogP contribution in [0.25, 0.3) is 0 Å². The van der Waals surface area contributed by atoms with E-state index in [4.69, 9.17) is 4.74 Å². The van der Waals surface area contributed by atoms with Crippen LogP contribution in [0.1, 0.15) is 52.0 Å². The summed E-state index contributed by atoms with van der Waals surface area (Å²) < 4.78 is 6.01. The fraction of sp³-hybridized carbons (Fsp3) is 0.619.